The molecule has 30 heavy (non-hydrogen) atoms. The van der Waals surface area contributed by atoms with Gasteiger partial charge in [0.15, 0.2) is 6.61 Å². The van der Waals surface area contributed by atoms with E-state index < -0.39 is 36.0 Å². The van der Waals surface area contributed by atoms with Gasteiger partial charge in [-0.2, -0.15) is 8.78 Å². The summed E-state index contributed by atoms with van der Waals surface area (Å²) in [6, 6.07) is 5.26. The minimum absolute atomic E-state index is 0.0819. The third-order valence-corrected chi connectivity index (χ3v) is 7.11. The Morgan fingerprint density at radius 1 is 0.967 bits per heavy atom. The van der Waals surface area contributed by atoms with Gasteiger partial charge in [0, 0.05) is 0 Å². The number of rotatable bonds is 6. The van der Waals surface area contributed by atoms with Crippen LogP contribution in [-0.2, 0) is 14.3 Å². The lowest BCUT2D eigenvalue weighted by molar-refractivity contribution is -0.331. The number of benzene rings is 1. The fraction of sp³-hybridized carbons (Fsp3) is 0.591. The van der Waals surface area contributed by atoms with Crippen molar-refractivity contribution >= 4 is 17.9 Å². The number of ether oxygens (including phenoxy) is 2. The molecule has 4 aliphatic carbocycles. The lowest BCUT2D eigenvalue weighted by Crippen LogP contribution is -2.58. The number of alkyl halides is 2. The third-order valence-electron chi connectivity index (χ3n) is 7.11. The topological polar surface area (TPSA) is 92.7 Å². The Morgan fingerprint density at radius 2 is 1.43 bits per heavy atom. The average molecular weight is 421 g/mol. The van der Waals surface area contributed by atoms with Gasteiger partial charge in [0.05, 0.1) is 11.1 Å². The predicted molar refractivity (Wildman–Crippen MR) is 97.5 cm³/mol. The third kappa shape index (κ3) is 3.68. The van der Waals surface area contributed by atoms with Crippen molar-refractivity contribution in [2.24, 2.45) is 23.7 Å². The summed E-state index contributed by atoms with van der Waals surface area (Å²) in [7, 11) is 0. The van der Waals surface area contributed by atoms with Crippen LogP contribution in [0, 0.1) is 23.7 Å². The number of carbonyl (C=O) groups is 3. The molecule has 4 fully saturated rings. The van der Waals surface area contributed by atoms with Crippen molar-refractivity contribution in [3.05, 3.63) is 35.4 Å². The van der Waals surface area contributed by atoms with Gasteiger partial charge in [0.1, 0.15) is 11.6 Å². The second kappa shape index (κ2) is 7.32. The fourth-order valence-corrected chi connectivity index (χ4v) is 5.59. The maximum Gasteiger partial charge on any atom is 0.338 e. The molecule has 0 amide bonds. The molecule has 0 aliphatic heterocycles. The summed E-state index contributed by atoms with van der Waals surface area (Å²) in [6.07, 6.45) is 5.68. The molecular formula is C22H23F2O6-. The van der Waals surface area contributed by atoms with E-state index in [9.17, 15) is 28.3 Å². The molecule has 1 aromatic rings. The van der Waals surface area contributed by atoms with Crippen LogP contribution in [0.25, 0.3) is 0 Å². The monoisotopic (exact) mass is 421 g/mol. The normalized spacial score (nSPS) is 32.0. The highest BCUT2D eigenvalue weighted by molar-refractivity contribution is 5.93. The van der Waals surface area contributed by atoms with Crippen LogP contribution in [0.3, 0.4) is 0 Å². The number of hydrogen-bond donors (Lipinski definition) is 0. The minimum atomic E-state index is -4.27. The SMILES string of the molecule is CC1(OC(=O)c2ccc(C(=O)OCC(F)(F)C(=O)[O-])cc2)C2CC3CC(C2)CC1C3. The molecule has 1 aromatic carbocycles. The Morgan fingerprint density at radius 3 is 1.90 bits per heavy atom. The van der Waals surface area contributed by atoms with Crippen molar-refractivity contribution in [2.45, 2.75) is 50.6 Å². The van der Waals surface area contributed by atoms with Crippen molar-refractivity contribution in [3.63, 3.8) is 0 Å². The second-order valence-corrected chi connectivity index (χ2v) is 9.02. The quantitative estimate of drug-likeness (QED) is 0.656. The van der Waals surface area contributed by atoms with E-state index in [0.29, 0.717) is 11.8 Å². The summed E-state index contributed by atoms with van der Waals surface area (Å²) in [5.41, 5.74) is -0.318. The van der Waals surface area contributed by atoms with Gasteiger partial charge in [-0.3, -0.25) is 0 Å². The van der Waals surface area contributed by atoms with Crippen LogP contribution in [0.4, 0.5) is 8.78 Å². The van der Waals surface area contributed by atoms with E-state index in [4.69, 9.17) is 4.74 Å². The van der Waals surface area contributed by atoms with Gasteiger partial charge in [-0.1, -0.05) is 0 Å². The Bertz CT molecular complexity index is 835. The maximum atomic E-state index is 13.0. The van der Waals surface area contributed by atoms with E-state index in [0.717, 1.165) is 37.5 Å². The number of carboxylic acid groups (broad SMARTS) is 1. The van der Waals surface area contributed by atoms with E-state index in [-0.39, 0.29) is 11.1 Å². The summed E-state index contributed by atoms with van der Waals surface area (Å²) in [4.78, 5) is 34.9. The van der Waals surface area contributed by atoms with Gasteiger partial charge in [-0.25, -0.2) is 9.59 Å². The molecule has 5 rings (SSSR count). The lowest BCUT2D eigenvalue weighted by atomic mass is 9.50. The van der Waals surface area contributed by atoms with Gasteiger partial charge >= 0.3 is 17.9 Å². The molecule has 0 N–H and O–H groups in total. The van der Waals surface area contributed by atoms with Crippen LogP contribution >= 0.6 is 0 Å². The first-order valence-electron chi connectivity index (χ1n) is 10.2. The summed E-state index contributed by atoms with van der Waals surface area (Å²) in [5, 5.41) is 10.3. The first-order chi connectivity index (χ1) is 14.1. The summed E-state index contributed by atoms with van der Waals surface area (Å²) < 4.78 is 36.3. The minimum Gasteiger partial charge on any atom is -0.544 e. The number of hydrogen-bond acceptors (Lipinski definition) is 6. The van der Waals surface area contributed by atoms with Crippen LogP contribution in [-0.4, -0.2) is 36.0 Å². The average Bonchev–Trinajstić information content (AvgIpc) is 2.70. The lowest BCUT2D eigenvalue weighted by Gasteiger charge is -2.59. The molecular weight excluding hydrogens is 398 g/mol. The first kappa shape index (κ1) is 20.8. The first-order valence-corrected chi connectivity index (χ1v) is 10.2. The van der Waals surface area contributed by atoms with Crippen molar-refractivity contribution < 1.29 is 37.7 Å². The van der Waals surface area contributed by atoms with Crippen molar-refractivity contribution in [3.8, 4) is 0 Å². The Labute approximate surface area is 172 Å². The van der Waals surface area contributed by atoms with E-state index in [2.05, 4.69) is 4.74 Å². The molecule has 4 saturated carbocycles. The van der Waals surface area contributed by atoms with Crippen molar-refractivity contribution in [1.29, 1.82) is 0 Å². The number of carbonyl (C=O) groups excluding carboxylic acids is 3. The number of esters is 2. The van der Waals surface area contributed by atoms with Gasteiger partial charge < -0.3 is 19.4 Å². The van der Waals surface area contributed by atoms with Gasteiger partial charge in [-0.15, -0.1) is 0 Å². The van der Waals surface area contributed by atoms with Crippen molar-refractivity contribution in [1.82, 2.24) is 0 Å². The smallest absolute Gasteiger partial charge is 0.338 e. The highest BCUT2D eigenvalue weighted by Gasteiger charge is 2.57. The van der Waals surface area contributed by atoms with Crippen LogP contribution in [0.5, 0.6) is 0 Å². The Kier molecular flexibility index (Phi) is 5.06. The molecule has 0 radical (unpaired) electrons. The highest BCUT2D eigenvalue weighted by Crippen LogP contribution is 2.59. The van der Waals surface area contributed by atoms with E-state index in [1.165, 1.54) is 30.7 Å². The predicted octanol–water partition coefficient (Wildman–Crippen LogP) is 2.60. The number of carboxylic acids is 1. The molecule has 8 heteroatoms. The Hall–Kier alpha value is -2.51. The molecule has 0 atom stereocenters. The molecule has 4 bridgehead atoms. The standard InChI is InChI=1S/C22H24F2O6/c1-21(16-7-12-6-13(9-16)10-17(21)8-12)30-19(26)15-4-2-14(3-5-15)18(25)29-11-22(23,24)20(27)28/h2-5,12-13,16-17H,6-11H2,1H3,(H,27,28)/p-1. The Balaban J connectivity index is 1.39. The van der Waals surface area contributed by atoms with E-state index in [1.54, 1.807) is 0 Å². The second-order valence-electron chi connectivity index (χ2n) is 9.02. The molecule has 0 saturated heterocycles. The molecule has 0 unspecified atom stereocenters. The number of halogens is 2. The van der Waals surface area contributed by atoms with Crippen LogP contribution in [0.15, 0.2) is 24.3 Å². The zero-order chi connectivity index (χ0) is 21.7. The summed E-state index contributed by atoms with van der Waals surface area (Å²) >= 11 is 0. The fourth-order valence-electron chi connectivity index (χ4n) is 5.59. The van der Waals surface area contributed by atoms with Crippen LogP contribution in [0.2, 0.25) is 0 Å². The summed E-state index contributed by atoms with van der Waals surface area (Å²) in [5.74, 6) is -6.26. The zero-order valence-electron chi connectivity index (χ0n) is 16.6. The van der Waals surface area contributed by atoms with Gasteiger partial charge in [0.2, 0.25) is 0 Å². The molecule has 162 valence electrons. The maximum absolute atomic E-state index is 13.0. The van der Waals surface area contributed by atoms with E-state index >= 15 is 0 Å². The molecule has 0 spiro atoms. The molecule has 4 aliphatic rings. The number of aliphatic carboxylic acids is 1. The van der Waals surface area contributed by atoms with Crippen molar-refractivity contribution in [2.75, 3.05) is 6.61 Å². The van der Waals surface area contributed by atoms with Crippen LogP contribution in [0.1, 0.15) is 59.7 Å². The molecule has 6 nitrogen and oxygen atoms in total. The molecule has 0 aromatic heterocycles. The zero-order valence-corrected chi connectivity index (χ0v) is 16.6. The van der Waals surface area contributed by atoms with Gasteiger partial charge in [-0.05, 0) is 87.0 Å². The van der Waals surface area contributed by atoms with Crippen LogP contribution < -0.4 is 5.11 Å². The van der Waals surface area contributed by atoms with Gasteiger partial charge in [0.25, 0.3) is 0 Å². The summed E-state index contributed by atoms with van der Waals surface area (Å²) in [6.45, 7) is 0.405. The molecule has 0 heterocycles. The highest BCUT2D eigenvalue weighted by atomic mass is 19.3. The van der Waals surface area contributed by atoms with E-state index in [1.807, 2.05) is 6.92 Å². The largest absolute Gasteiger partial charge is 0.544 e.